The van der Waals surface area contributed by atoms with Crippen LogP contribution in [-0.4, -0.2) is 0 Å². The lowest BCUT2D eigenvalue weighted by atomic mass is 9.80. The standard InChI is InChI=1S/C32H36/c1-22(28-16-23(2)31-11-6-5-9-27(31)20-28)12-13-25-18-26-15-14-24(17-29(26)19-25)8-7-10-30-21-32(30,3)4/h5-6,9,11,14-20,29-31H,1-2,7-8,10,12-13,21H2,3-4H3. The van der Waals surface area contributed by atoms with Gasteiger partial charge in [0.1, 0.15) is 0 Å². The summed E-state index contributed by atoms with van der Waals surface area (Å²) >= 11 is 0. The molecule has 0 aromatic rings. The largest absolute Gasteiger partial charge is 0.0952 e. The van der Waals surface area contributed by atoms with Crippen molar-refractivity contribution in [2.24, 2.45) is 23.2 Å². The predicted molar refractivity (Wildman–Crippen MR) is 138 cm³/mol. The summed E-state index contributed by atoms with van der Waals surface area (Å²) in [6.07, 6.45) is 32.6. The normalized spacial score (nSPS) is 28.9. The third-order valence-corrected chi connectivity index (χ3v) is 8.00. The summed E-state index contributed by atoms with van der Waals surface area (Å²) in [4.78, 5) is 0. The van der Waals surface area contributed by atoms with Gasteiger partial charge in [-0.15, -0.1) is 0 Å². The third kappa shape index (κ3) is 4.46. The number of hydrogen-bond acceptors (Lipinski definition) is 0. The molecule has 0 saturated heterocycles. The van der Waals surface area contributed by atoms with E-state index >= 15 is 0 Å². The van der Waals surface area contributed by atoms with Gasteiger partial charge >= 0.3 is 0 Å². The molecule has 0 aromatic heterocycles. The van der Waals surface area contributed by atoms with Gasteiger partial charge < -0.3 is 0 Å². The Kier molecular flexibility index (Phi) is 5.58. The Labute approximate surface area is 194 Å². The predicted octanol–water partition coefficient (Wildman–Crippen LogP) is 8.68. The molecule has 0 bridgehead atoms. The van der Waals surface area contributed by atoms with E-state index < -0.39 is 0 Å². The highest BCUT2D eigenvalue weighted by Gasteiger charge is 2.44. The fraction of sp³-hybridized carbons (Fsp3) is 0.375. The fourth-order valence-electron chi connectivity index (χ4n) is 5.61. The van der Waals surface area contributed by atoms with Crippen molar-refractivity contribution < 1.29 is 0 Å². The van der Waals surface area contributed by atoms with Gasteiger partial charge in [0.25, 0.3) is 0 Å². The van der Waals surface area contributed by atoms with Crippen molar-refractivity contribution in [1.29, 1.82) is 0 Å². The molecule has 164 valence electrons. The topological polar surface area (TPSA) is 0 Å². The van der Waals surface area contributed by atoms with Crippen LogP contribution in [0.3, 0.4) is 0 Å². The van der Waals surface area contributed by atoms with Gasteiger partial charge in [0.05, 0.1) is 0 Å². The van der Waals surface area contributed by atoms with Crippen molar-refractivity contribution in [2.45, 2.75) is 52.4 Å². The monoisotopic (exact) mass is 420 g/mol. The summed E-state index contributed by atoms with van der Waals surface area (Å²) in [5.74, 6) is 1.78. The summed E-state index contributed by atoms with van der Waals surface area (Å²) in [5.41, 5.74) is 9.99. The molecule has 0 N–H and O–H groups in total. The van der Waals surface area contributed by atoms with Crippen LogP contribution in [0, 0.1) is 23.2 Å². The van der Waals surface area contributed by atoms with Crippen molar-refractivity contribution in [3.8, 4) is 0 Å². The van der Waals surface area contributed by atoms with Crippen molar-refractivity contribution in [1.82, 2.24) is 0 Å². The van der Waals surface area contributed by atoms with Gasteiger partial charge in [-0.05, 0) is 77.7 Å². The zero-order valence-corrected chi connectivity index (χ0v) is 19.7. The maximum atomic E-state index is 4.41. The Morgan fingerprint density at radius 2 is 1.78 bits per heavy atom. The van der Waals surface area contributed by atoms with E-state index in [-0.39, 0.29) is 0 Å². The van der Waals surface area contributed by atoms with Gasteiger partial charge in [-0.2, -0.15) is 0 Å². The average molecular weight is 421 g/mol. The summed E-state index contributed by atoms with van der Waals surface area (Å²) < 4.78 is 0. The summed E-state index contributed by atoms with van der Waals surface area (Å²) in [7, 11) is 0. The maximum Gasteiger partial charge on any atom is 0.0267 e. The van der Waals surface area contributed by atoms with Gasteiger partial charge in [-0.3, -0.25) is 0 Å². The third-order valence-electron chi connectivity index (χ3n) is 8.00. The van der Waals surface area contributed by atoms with Crippen molar-refractivity contribution in [2.75, 3.05) is 0 Å². The van der Waals surface area contributed by atoms with E-state index in [1.54, 1.807) is 0 Å². The van der Waals surface area contributed by atoms with Crippen LogP contribution < -0.4 is 0 Å². The van der Waals surface area contributed by atoms with Crippen molar-refractivity contribution in [3.05, 3.63) is 119 Å². The number of allylic oxidation sites excluding steroid dienone is 18. The molecule has 1 fully saturated rings. The van der Waals surface area contributed by atoms with Gasteiger partial charge in [0.2, 0.25) is 0 Å². The van der Waals surface area contributed by atoms with E-state index in [2.05, 4.69) is 93.8 Å². The molecular formula is C32H36. The molecule has 0 radical (unpaired) electrons. The summed E-state index contributed by atoms with van der Waals surface area (Å²) in [6.45, 7) is 13.5. The molecule has 5 aliphatic rings. The minimum Gasteiger partial charge on any atom is -0.0952 e. The van der Waals surface area contributed by atoms with Gasteiger partial charge in [-0.25, -0.2) is 0 Å². The molecule has 3 unspecified atom stereocenters. The lowest BCUT2D eigenvalue weighted by Gasteiger charge is -2.24. The molecular weight excluding hydrogens is 384 g/mol. The SMILES string of the molecule is C=C(CCC1=CC2C=C(CCCC3CC3(C)C)C=CC2=C1)C1=CC(=C)C2C=CC=CC2=C1. The highest BCUT2D eigenvalue weighted by molar-refractivity contribution is 5.56. The first-order chi connectivity index (χ1) is 15.4. The summed E-state index contributed by atoms with van der Waals surface area (Å²) in [6, 6.07) is 0. The Morgan fingerprint density at radius 1 is 0.969 bits per heavy atom. The molecule has 0 amide bonds. The Morgan fingerprint density at radius 3 is 2.59 bits per heavy atom. The van der Waals surface area contributed by atoms with E-state index in [0.717, 1.165) is 18.8 Å². The van der Waals surface area contributed by atoms with Gasteiger partial charge in [0.15, 0.2) is 0 Å². The molecule has 0 nitrogen and oxygen atoms in total. The van der Waals surface area contributed by atoms with E-state index in [9.17, 15) is 0 Å². The van der Waals surface area contributed by atoms with Crippen LogP contribution in [0.4, 0.5) is 0 Å². The molecule has 32 heavy (non-hydrogen) atoms. The smallest absolute Gasteiger partial charge is 0.0267 e. The quantitative estimate of drug-likeness (QED) is 0.368. The zero-order valence-electron chi connectivity index (χ0n) is 19.7. The Bertz CT molecular complexity index is 1080. The first-order valence-electron chi connectivity index (χ1n) is 12.4. The van der Waals surface area contributed by atoms with E-state index in [1.807, 2.05) is 0 Å². The molecule has 0 aromatic carbocycles. The fourth-order valence-corrected chi connectivity index (χ4v) is 5.61. The van der Waals surface area contributed by atoms with Crippen LogP contribution in [0.2, 0.25) is 0 Å². The van der Waals surface area contributed by atoms with E-state index in [0.29, 0.717) is 17.3 Å². The van der Waals surface area contributed by atoms with E-state index in [1.165, 1.54) is 64.7 Å². The van der Waals surface area contributed by atoms with Crippen LogP contribution in [-0.2, 0) is 0 Å². The molecule has 3 atom stereocenters. The van der Waals surface area contributed by atoms with Crippen LogP contribution in [0.15, 0.2) is 119 Å². The molecule has 0 heteroatoms. The number of rotatable bonds is 8. The van der Waals surface area contributed by atoms with Gasteiger partial charge in [0, 0.05) is 11.8 Å². The first-order valence-corrected chi connectivity index (χ1v) is 12.4. The average Bonchev–Trinajstić information content (AvgIpc) is 3.19. The number of fused-ring (bicyclic) bond motifs is 2. The second-order valence-corrected chi connectivity index (χ2v) is 10.9. The van der Waals surface area contributed by atoms with Crippen LogP contribution in [0.25, 0.3) is 0 Å². The van der Waals surface area contributed by atoms with Crippen molar-refractivity contribution in [3.63, 3.8) is 0 Å². The number of hydrogen-bond donors (Lipinski definition) is 0. The minimum atomic E-state index is 0.338. The molecule has 5 rings (SSSR count). The zero-order chi connectivity index (χ0) is 22.3. The Balaban J connectivity index is 1.15. The molecule has 5 aliphatic carbocycles. The summed E-state index contributed by atoms with van der Waals surface area (Å²) in [5, 5.41) is 0. The highest BCUT2D eigenvalue weighted by atomic mass is 14.5. The van der Waals surface area contributed by atoms with Gasteiger partial charge in [-0.1, -0.05) is 105 Å². The molecule has 0 heterocycles. The minimum absolute atomic E-state index is 0.338. The van der Waals surface area contributed by atoms with Crippen molar-refractivity contribution >= 4 is 0 Å². The highest BCUT2D eigenvalue weighted by Crippen LogP contribution is 2.54. The molecule has 0 aliphatic heterocycles. The Hall–Kier alpha value is -2.60. The maximum absolute atomic E-state index is 4.41. The molecule has 0 spiro atoms. The van der Waals surface area contributed by atoms with Crippen LogP contribution in [0.1, 0.15) is 52.4 Å². The second kappa shape index (κ2) is 8.39. The lowest BCUT2D eigenvalue weighted by molar-refractivity contribution is 0.518. The second-order valence-electron chi connectivity index (χ2n) is 10.9. The van der Waals surface area contributed by atoms with Crippen LogP contribution >= 0.6 is 0 Å². The van der Waals surface area contributed by atoms with E-state index in [4.69, 9.17) is 0 Å². The lowest BCUT2D eigenvalue weighted by Crippen LogP contribution is -2.09. The first kappa shape index (κ1) is 21.3. The van der Waals surface area contributed by atoms with Crippen LogP contribution in [0.5, 0.6) is 0 Å². The molecule has 1 saturated carbocycles.